The van der Waals surface area contributed by atoms with E-state index in [1.165, 1.54) is 0 Å². The molecule has 0 saturated carbocycles. The van der Waals surface area contributed by atoms with Crippen LogP contribution in [0.25, 0.3) is 6.08 Å². The molecule has 0 heterocycles. The number of aliphatic hydroxyl groups excluding tert-OH is 1. The summed E-state index contributed by atoms with van der Waals surface area (Å²) in [5.74, 6) is 1.21. The van der Waals surface area contributed by atoms with Gasteiger partial charge in [-0.15, -0.1) is 0 Å². The van der Waals surface area contributed by atoms with Crippen molar-refractivity contribution in [2.24, 2.45) is 0 Å². The minimum atomic E-state index is -0.0783. The number of aldehydes is 1. The molecule has 17 heavy (non-hydrogen) atoms. The van der Waals surface area contributed by atoms with Gasteiger partial charge in [-0.05, 0) is 17.7 Å². The van der Waals surface area contributed by atoms with Gasteiger partial charge in [-0.25, -0.2) is 0 Å². The lowest BCUT2D eigenvalue weighted by Gasteiger charge is -2.12. The van der Waals surface area contributed by atoms with Crippen LogP contribution in [0.15, 0.2) is 18.2 Å². The third kappa shape index (κ3) is 3.32. The smallest absolute Gasteiger partial charge is 0.130 e. The Morgan fingerprint density at radius 2 is 1.82 bits per heavy atom. The van der Waals surface area contributed by atoms with Gasteiger partial charge in [0.25, 0.3) is 0 Å². The van der Waals surface area contributed by atoms with Gasteiger partial charge in [0, 0.05) is 6.42 Å². The summed E-state index contributed by atoms with van der Waals surface area (Å²) in [6.45, 7) is -0.0783. The maximum absolute atomic E-state index is 10.3. The summed E-state index contributed by atoms with van der Waals surface area (Å²) in [5, 5.41) is 9.11. The van der Waals surface area contributed by atoms with Crippen molar-refractivity contribution >= 4 is 12.4 Å². The van der Waals surface area contributed by atoms with Crippen molar-refractivity contribution < 1.29 is 19.4 Å². The summed E-state index contributed by atoms with van der Waals surface area (Å²) >= 11 is 0. The highest BCUT2D eigenvalue weighted by Gasteiger charge is 2.09. The predicted octanol–water partition coefficient (Wildman–Crippen LogP) is 1.80. The molecule has 1 aromatic carbocycles. The Morgan fingerprint density at radius 3 is 2.24 bits per heavy atom. The number of ether oxygens (including phenoxy) is 2. The van der Waals surface area contributed by atoms with Gasteiger partial charge in [0.1, 0.15) is 17.8 Å². The van der Waals surface area contributed by atoms with E-state index in [2.05, 4.69) is 0 Å². The minimum Gasteiger partial charge on any atom is -0.496 e. The fraction of sp³-hybridized carbons (Fsp3) is 0.308. The fourth-order valence-electron chi connectivity index (χ4n) is 1.49. The number of hydrogen-bond acceptors (Lipinski definition) is 4. The molecule has 0 saturated heterocycles. The van der Waals surface area contributed by atoms with Crippen LogP contribution in [0.3, 0.4) is 0 Å². The van der Waals surface area contributed by atoms with Crippen LogP contribution in [0.2, 0.25) is 0 Å². The zero-order valence-corrected chi connectivity index (χ0v) is 9.97. The van der Waals surface area contributed by atoms with Crippen LogP contribution in [-0.2, 0) is 11.4 Å². The zero-order chi connectivity index (χ0) is 12.7. The maximum Gasteiger partial charge on any atom is 0.130 e. The molecule has 0 bridgehead atoms. The number of carbonyl (C=O) groups excluding carboxylic acids is 1. The third-order valence-electron chi connectivity index (χ3n) is 2.30. The van der Waals surface area contributed by atoms with E-state index in [-0.39, 0.29) is 6.61 Å². The molecule has 1 N–H and O–H groups in total. The average molecular weight is 236 g/mol. The molecule has 0 atom stereocenters. The number of carbonyl (C=O) groups is 1. The Kier molecular flexibility index (Phi) is 5.23. The monoisotopic (exact) mass is 236 g/mol. The summed E-state index contributed by atoms with van der Waals surface area (Å²) in [6.07, 6.45) is 4.66. The largest absolute Gasteiger partial charge is 0.496 e. The van der Waals surface area contributed by atoms with Crippen molar-refractivity contribution in [3.05, 3.63) is 29.3 Å². The quantitative estimate of drug-likeness (QED) is 0.765. The van der Waals surface area contributed by atoms with Crippen LogP contribution in [0.4, 0.5) is 0 Å². The number of benzene rings is 1. The van der Waals surface area contributed by atoms with Gasteiger partial charge in [0.05, 0.1) is 26.4 Å². The minimum absolute atomic E-state index is 0.0783. The molecule has 92 valence electrons. The first kappa shape index (κ1) is 13.3. The molecule has 0 fully saturated rings. The summed E-state index contributed by atoms with van der Waals surface area (Å²) in [7, 11) is 3.10. The van der Waals surface area contributed by atoms with Crippen LogP contribution < -0.4 is 9.47 Å². The molecule has 1 aromatic rings. The van der Waals surface area contributed by atoms with Gasteiger partial charge in [0.15, 0.2) is 0 Å². The molecule has 4 nitrogen and oxygen atoms in total. The van der Waals surface area contributed by atoms with Gasteiger partial charge in [0.2, 0.25) is 0 Å². The van der Waals surface area contributed by atoms with Crippen LogP contribution in [0, 0.1) is 0 Å². The summed E-state index contributed by atoms with van der Waals surface area (Å²) in [5.41, 5.74) is 1.47. The van der Waals surface area contributed by atoms with Gasteiger partial charge >= 0.3 is 0 Å². The normalized spacial score (nSPS) is 10.5. The number of rotatable bonds is 6. The number of allylic oxidation sites excluding steroid dienone is 1. The van der Waals surface area contributed by atoms with Gasteiger partial charge in [-0.1, -0.05) is 12.2 Å². The SMILES string of the molecule is COc1cc(CO)cc(OC)c1C=CCC=O. The highest BCUT2D eigenvalue weighted by atomic mass is 16.5. The highest BCUT2D eigenvalue weighted by molar-refractivity contribution is 5.67. The first-order chi connectivity index (χ1) is 8.26. The lowest BCUT2D eigenvalue weighted by molar-refractivity contribution is -0.107. The molecule has 4 heteroatoms. The lowest BCUT2D eigenvalue weighted by atomic mass is 10.1. The van der Waals surface area contributed by atoms with Crippen molar-refractivity contribution in [3.63, 3.8) is 0 Å². The Bertz CT molecular complexity index is 385. The van der Waals surface area contributed by atoms with Crippen molar-refractivity contribution in [2.75, 3.05) is 14.2 Å². The molecule has 0 aliphatic heterocycles. The topological polar surface area (TPSA) is 55.8 Å². The molecule has 0 aromatic heterocycles. The summed E-state index contributed by atoms with van der Waals surface area (Å²) in [6, 6.07) is 3.48. The zero-order valence-electron chi connectivity index (χ0n) is 9.97. The van der Waals surface area contributed by atoms with Gasteiger partial charge < -0.3 is 19.4 Å². The summed E-state index contributed by atoms with van der Waals surface area (Å²) < 4.78 is 10.5. The molecule has 0 aliphatic rings. The van der Waals surface area contributed by atoms with Crippen molar-refractivity contribution in [1.29, 1.82) is 0 Å². The van der Waals surface area contributed by atoms with Crippen molar-refractivity contribution in [1.82, 2.24) is 0 Å². The molecular weight excluding hydrogens is 220 g/mol. The molecule has 0 amide bonds. The van der Waals surface area contributed by atoms with Crippen LogP contribution in [0.5, 0.6) is 11.5 Å². The Balaban J connectivity index is 3.19. The van der Waals surface area contributed by atoms with E-state index < -0.39 is 0 Å². The van der Waals surface area contributed by atoms with E-state index in [1.54, 1.807) is 38.5 Å². The second-order valence-corrected chi connectivity index (χ2v) is 3.38. The van der Waals surface area contributed by atoms with E-state index in [1.807, 2.05) is 0 Å². The number of hydrogen-bond donors (Lipinski definition) is 1. The van der Waals surface area contributed by atoms with Crippen molar-refractivity contribution in [2.45, 2.75) is 13.0 Å². The molecule has 0 spiro atoms. The Morgan fingerprint density at radius 1 is 1.24 bits per heavy atom. The Hall–Kier alpha value is -1.81. The summed E-state index contributed by atoms with van der Waals surface area (Å²) in [4.78, 5) is 10.3. The average Bonchev–Trinajstić information content (AvgIpc) is 2.38. The fourth-order valence-corrected chi connectivity index (χ4v) is 1.49. The first-order valence-electron chi connectivity index (χ1n) is 5.22. The molecule has 0 unspecified atom stereocenters. The van der Waals surface area contributed by atoms with E-state index in [4.69, 9.17) is 14.6 Å². The number of aliphatic hydroxyl groups is 1. The second kappa shape index (κ2) is 6.70. The van der Waals surface area contributed by atoms with E-state index >= 15 is 0 Å². The van der Waals surface area contributed by atoms with E-state index in [9.17, 15) is 4.79 Å². The van der Waals surface area contributed by atoms with Crippen molar-refractivity contribution in [3.8, 4) is 11.5 Å². The molecular formula is C13H16O4. The first-order valence-corrected chi connectivity index (χ1v) is 5.22. The van der Waals surface area contributed by atoms with E-state index in [0.717, 1.165) is 11.8 Å². The predicted molar refractivity (Wildman–Crippen MR) is 65.2 cm³/mol. The van der Waals surface area contributed by atoms with Crippen LogP contribution in [-0.4, -0.2) is 25.6 Å². The molecule has 0 aliphatic carbocycles. The van der Waals surface area contributed by atoms with Crippen LogP contribution >= 0.6 is 0 Å². The second-order valence-electron chi connectivity index (χ2n) is 3.38. The lowest BCUT2D eigenvalue weighted by Crippen LogP contribution is -1.95. The number of methoxy groups -OCH3 is 2. The van der Waals surface area contributed by atoms with Gasteiger partial charge in [-0.2, -0.15) is 0 Å². The molecule has 1 rings (SSSR count). The maximum atomic E-state index is 10.3. The van der Waals surface area contributed by atoms with E-state index in [0.29, 0.717) is 23.5 Å². The standard InChI is InChI=1S/C13H16O4/c1-16-12-7-10(9-15)8-13(17-2)11(12)5-3-4-6-14/h3,5-8,15H,4,9H2,1-2H3. The molecule has 0 radical (unpaired) electrons. The van der Waals surface area contributed by atoms with Gasteiger partial charge in [-0.3, -0.25) is 0 Å². The highest BCUT2D eigenvalue weighted by Crippen LogP contribution is 2.31. The third-order valence-corrected chi connectivity index (χ3v) is 2.30. The van der Waals surface area contributed by atoms with Crippen LogP contribution in [0.1, 0.15) is 17.5 Å². The Labute approximate surface area is 100 Å².